The monoisotopic (exact) mass is 417 g/mol. The lowest BCUT2D eigenvalue weighted by Gasteiger charge is -2.17. The molecule has 0 spiro atoms. The summed E-state index contributed by atoms with van der Waals surface area (Å²) in [6, 6.07) is 8.84. The predicted molar refractivity (Wildman–Crippen MR) is 113 cm³/mol. The number of aromatic carboxylic acids is 1. The molecule has 4 rings (SSSR count). The first-order valence-corrected chi connectivity index (χ1v) is 10.2. The van der Waals surface area contributed by atoms with Crippen molar-refractivity contribution in [1.29, 1.82) is 0 Å². The number of aromatic nitrogens is 2. The van der Waals surface area contributed by atoms with Gasteiger partial charge in [0.15, 0.2) is 0 Å². The molecule has 7 heteroatoms. The van der Waals surface area contributed by atoms with E-state index in [2.05, 4.69) is 24.5 Å². The number of anilines is 2. The molecule has 0 bridgehead atoms. The van der Waals surface area contributed by atoms with Crippen LogP contribution in [0.5, 0.6) is 0 Å². The number of carbonyl (C=O) groups is 1. The molecule has 1 aliphatic heterocycles. The summed E-state index contributed by atoms with van der Waals surface area (Å²) in [6.07, 6.45) is 2.11. The molecule has 0 saturated heterocycles. The topological polar surface area (TPSA) is 58.4 Å². The van der Waals surface area contributed by atoms with Crippen LogP contribution in [0.25, 0.3) is 11.0 Å². The molecule has 1 N–H and O–H groups in total. The second kappa shape index (κ2) is 7.30. The molecule has 0 fully saturated rings. The normalized spacial score (nSPS) is 13.5. The number of carboxylic acid groups (broad SMARTS) is 1. The lowest BCUT2D eigenvalue weighted by molar-refractivity contribution is 0.0697. The minimum atomic E-state index is -0.997. The van der Waals surface area contributed by atoms with Crippen LogP contribution in [0, 0.1) is 0 Å². The van der Waals surface area contributed by atoms with Gasteiger partial charge in [0.1, 0.15) is 5.52 Å². The number of fused-ring (bicyclic) bond motifs is 3. The summed E-state index contributed by atoms with van der Waals surface area (Å²) in [5.74, 6) is 0.247. The number of carboxylic acids is 1. The Morgan fingerprint density at radius 1 is 1.14 bits per heavy atom. The van der Waals surface area contributed by atoms with Gasteiger partial charge in [0.05, 0.1) is 26.8 Å². The van der Waals surface area contributed by atoms with Crippen molar-refractivity contribution in [2.75, 3.05) is 11.4 Å². The number of hydrogen-bond donors (Lipinski definition) is 1. The molecule has 1 aromatic heterocycles. The van der Waals surface area contributed by atoms with Gasteiger partial charge in [-0.2, -0.15) is 0 Å². The van der Waals surface area contributed by atoms with E-state index in [1.54, 1.807) is 12.1 Å². The van der Waals surface area contributed by atoms with Crippen molar-refractivity contribution in [2.24, 2.45) is 0 Å². The van der Waals surface area contributed by atoms with Crippen LogP contribution in [0.3, 0.4) is 0 Å². The van der Waals surface area contributed by atoms with Crippen LogP contribution >= 0.6 is 23.2 Å². The van der Waals surface area contributed by atoms with Crippen molar-refractivity contribution >= 4 is 51.8 Å². The number of nitrogens with zero attached hydrogens (tertiary/aromatic N) is 3. The van der Waals surface area contributed by atoms with Gasteiger partial charge in [-0.1, -0.05) is 43.1 Å². The Hall–Kier alpha value is -2.24. The number of benzene rings is 2. The van der Waals surface area contributed by atoms with E-state index in [0.29, 0.717) is 16.0 Å². The van der Waals surface area contributed by atoms with Crippen LogP contribution in [0.15, 0.2) is 30.3 Å². The minimum Gasteiger partial charge on any atom is -0.478 e. The zero-order valence-electron chi connectivity index (χ0n) is 15.7. The van der Waals surface area contributed by atoms with Crippen molar-refractivity contribution in [1.82, 2.24) is 9.55 Å². The SMILES string of the molecule is CCC(CC)c1ccc(Cl)c2nc3n(c12)CCN3c1ccc(C(=O)O)cc1Cl. The summed E-state index contributed by atoms with van der Waals surface area (Å²) in [7, 11) is 0. The summed E-state index contributed by atoms with van der Waals surface area (Å²) < 4.78 is 2.20. The molecular weight excluding hydrogens is 397 g/mol. The average Bonchev–Trinajstić information content (AvgIpc) is 3.24. The summed E-state index contributed by atoms with van der Waals surface area (Å²) in [5.41, 5.74) is 4.10. The highest BCUT2D eigenvalue weighted by molar-refractivity contribution is 6.35. The van der Waals surface area contributed by atoms with Crippen LogP contribution in [-0.4, -0.2) is 27.2 Å². The summed E-state index contributed by atoms with van der Waals surface area (Å²) in [5, 5.41) is 10.2. The lowest BCUT2D eigenvalue weighted by Crippen LogP contribution is -2.15. The molecule has 1 aliphatic rings. The van der Waals surface area contributed by atoms with Gasteiger partial charge in [-0.3, -0.25) is 0 Å². The second-order valence-electron chi connectivity index (χ2n) is 7.03. The van der Waals surface area contributed by atoms with Gasteiger partial charge in [0.25, 0.3) is 0 Å². The fourth-order valence-corrected chi connectivity index (χ4v) is 4.56. The molecule has 0 saturated carbocycles. The van der Waals surface area contributed by atoms with E-state index in [4.69, 9.17) is 28.2 Å². The molecule has 28 heavy (non-hydrogen) atoms. The Bertz CT molecular complexity index is 1070. The molecule has 0 atom stereocenters. The summed E-state index contributed by atoms with van der Waals surface area (Å²) in [4.78, 5) is 18.1. The lowest BCUT2D eigenvalue weighted by atomic mass is 9.93. The molecule has 0 amide bonds. The highest BCUT2D eigenvalue weighted by Gasteiger charge is 2.29. The number of halogens is 2. The largest absolute Gasteiger partial charge is 0.478 e. The number of imidazole rings is 1. The molecule has 0 aliphatic carbocycles. The van der Waals surface area contributed by atoms with Crippen molar-refractivity contribution in [3.8, 4) is 0 Å². The maximum absolute atomic E-state index is 11.2. The van der Waals surface area contributed by atoms with Crippen LogP contribution < -0.4 is 4.90 Å². The Kier molecular flexibility index (Phi) is 4.98. The van der Waals surface area contributed by atoms with Crippen molar-refractivity contribution < 1.29 is 9.90 Å². The number of rotatable bonds is 5. The van der Waals surface area contributed by atoms with Gasteiger partial charge in [-0.15, -0.1) is 0 Å². The fourth-order valence-electron chi connectivity index (χ4n) is 4.08. The third kappa shape index (κ3) is 2.93. The Morgan fingerprint density at radius 3 is 2.54 bits per heavy atom. The van der Waals surface area contributed by atoms with Gasteiger partial charge in [-0.25, -0.2) is 9.78 Å². The first-order chi connectivity index (χ1) is 13.5. The van der Waals surface area contributed by atoms with E-state index in [9.17, 15) is 9.90 Å². The van der Waals surface area contributed by atoms with E-state index in [1.165, 1.54) is 11.6 Å². The third-order valence-corrected chi connectivity index (χ3v) is 6.16. The maximum atomic E-state index is 11.2. The number of hydrogen-bond acceptors (Lipinski definition) is 3. The van der Waals surface area contributed by atoms with Gasteiger partial charge in [-0.05, 0) is 48.6 Å². The summed E-state index contributed by atoms with van der Waals surface area (Å²) in [6.45, 7) is 5.90. The van der Waals surface area contributed by atoms with Gasteiger partial charge < -0.3 is 14.6 Å². The molecule has 5 nitrogen and oxygen atoms in total. The van der Waals surface area contributed by atoms with Crippen LogP contribution in [0.1, 0.15) is 48.5 Å². The van der Waals surface area contributed by atoms with Crippen molar-refractivity contribution in [3.05, 3.63) is 51.5 Å². The van der Waals surface area contributed by atoms with E-state index in [1.807, 2.05) is 11.0 Å². The molecular formula is C21H21Cl2N3O2. The Labute approximate surface area is 173 Å². The predicted octanol–water partition coefficient (Wildman–Crippen LogP) is 6.10. The third-order valence-electron chi connectivity index (χ3n) is 5.56. The Morgan fingerprint density at radius 2 is 1.89 bits per heavy atom. The molecule has 0 radical (unpaired) electrons. The average molecular weight is 418 g/mol. The first-order valence-electron chi connectivity index (χ1n) is 9.45. The molecule has 2 heterocycles. The van der Waals surface area contributed by atoms with E-state index >= 15 is 0 Å². The molecule has 146 valence electrons. The second-order valence-corrected chi connectivity index (χ2v) is 7.85. The van der Waals surface area contributed by atoms with Gasteiger partial charge in [0, 0.05) is 13.1 Å². The highest BCUT2D eigenvalue weighted by Crippen LogP contribution is 2.41. The zero-order valence-corrected chi connectivity index (χ0v) is 17.3. The highest BCUT2D eigenvalue weighted by atomic mass is 35.5. The standard InChI is InChI=1S/C21H21Cl2N3O2/c1-3-12(4-2)14-6-7-15(22)18-19(14)26-10-9-25(21(26)24-18)17-8-5-13(20(27)28)11-16(17)23/h5-8,11-12H,3-4,9-10H2,1-2H3,(H,27,28). The van der Waals surface area contributed by atoms with E-state index in [0.717, 1.165) is 48.6 Å². The van der Waals surface area contributed by atoms with E-state index < -0.39 is 5.97 Å². The molecule has 2 aromatic carbocycles. The maximum Gasteiger partial charge on any atom is 0.335 e. The Balaban J connectivity index is 1.86. The fraction of sp³-hybridized carbons (Fsp3) is 0.333. The molecule has 0 unspecified atom stereocenters. The van der Waals surface area contributed by atoms with Gasteiger partial charge >= 0.3 is 5.97 Å². The molecule has 3 aromatic rings. The minimum absolute atomic E-state index is 0.167. The van der Waals surface area contributed by atoms with Crippen LogP contribution in [-0.2, 0) is 6.54 Å². The van der Waals surface area contributed by atoms with Crippen LogP contribution in [0.2, 0.25) is 10.0 Å². The first kappa shape index (κ1) is 19.1. The van der Waals surface area contributed by atoms with Gasteiger partial charge in [0.2, 0.25) is 5.95 Å². The van der Waals surface area contributed by atoms with Crippen LogP contribution in [0.4, 0.5) is 11.6 Å². The quantitative estimate of drug-likeness (QED) is 0.544. The zero-order chi connectivity index (χ0) is 20.0. The van der Waals surface area contributed by atoms with Crippen molar-refractivity contribution in [3.63, 3.8) is 0 Å². The summed E-state index contributed by atoms with van der Waals surface area (Å²) >= 11 is 12.9. The smallest absolute Gasteiger partial charge is 0.335 e. The van der Waals surface area contributed by atoms with E-state index in [-0.39, 0.29) is 5.56 Å². The van der Waals surface area contributed by atoms with Crippen molar-refractivity contribution in [2.45, 2.75) is 39.2 Å².